The van der Waals surface area contributed by atoms with E-state index in [0.717, 1.165) is 23.7 Å². The summed E-state index contributed by atoms with van der Waals surface area (Å²) in [4.78, 5) is 12.1. The van der Waals surface area contributed by atoms with E-state index in [1.54, 1.807) is 0 Å². The second-order valence-corrected chi connectivity index (χ2v) is 6.27. The second-order valence-electron chi connectivity index (χ2n) is 5.50. The summed E-state index contributed by atoms with van der Waals surface area (Å²) in [5.74, 6) is -0.0225. The average Bonchev–Trinajstić information content (AvgIpc) is 2.30. The van der Waals surface area contributed by atoms with Crippen molar-refractivity contribution in [3.05, 3.63) is 0 Å². The zero-order chi connectivity index (χ0) is 12.2. The van der Waals surface area contributed by atoms with Crippen LogP contribution in [0.5, 0.6) is 0 Å². The lowest BCUT2D eigenvalue weighted by atomic mass is 9.82. The fourth-order valence-electron chi connectivity index (χ4n) is 2.11. The van der Waals surface area contributed by atoms with E-state index in [1.165, 1.54) is 19.3 Å². The molecule has 0 unspecified atom stereocenters. The quantitative estimate of drug-likeness (QED) is 0.438. The molecule has 0 aromatic rings. The van der Waals surface area contributed by atoms with Gasteiger partial charge in [0, 0.05) is 4.43 Å². The highest BCUT2D eigenvalue weighted by Gasteiger charge is 2.38. The van der Waals surface area contributed by atoms with Crippen molar-refractivity contribution >= 4 is 28.6 Å². The third kappa shape index (κ3) is 3.34. The van der Waals surface area contributed by atoms with E-state index in [9.17, 15) is 4.79 Å². The molecule has 0 N–H and O–H groups in total. The summed E-state index contributed by atoms with van der Waals surface area (Å²) in [6.07, 6.45) is 6.74. The molecule has 0 bridgehead atoms. The maximum Gasteiger partial charge on any atom is 0.312 e. The number of halogens is 1. The number of alkyl halides is 1. The molecule has 0 saturated heterocycles. The highest BCUT2D eigenvalue weighted by molar-refractivity contribution is 14.1. The van der Waals surface area contributed by atoms with Crippen LogP contribution in [0.15, 0.2) is 0 Å². The molecule has 1 aliphatic rings. The molecule has 1 saturated carbocycles. The number of ether oxygens (including phenoxy) is 1. The molecule has 0 atom stereocenters. The Kier molecular flexibility index (Phi) is 5.08. The molecule has 94 valence electrons. The number of hydrogen-bond donors (Lipinski definition) is 0. The average molecular weight is 338 g/mol. The van der Waals surface area contributed by atoms with Crippen molar-refractivity contribution in [3.8, 4) is 0 Å². The van der Waals surface area contributed by atoms with E-state index < -0.39 is 0 Å². The van der Waals surface area contributed by atoms with E-state index in [4.69, 9.17) is 4.74 Å². The summed E-state index contributed by atoms with van der Waals surface area (Å²) in [7, 11) is 0. The van der Waals surface area contributed by atoms with Gasteiger partial charge in [0.15, 0.2) is 0 Å². The first-order valence-electron chi connectivity index (χ1n) is 6.25. The molecule has 16 heavy (non-hydrogen) atoms. The molecule has 0 aromatic heterocycles. The van der Waals surface area contributed by atoms with Gasteiger partial charge in [-0.2, -0.15) is 0 Å². The summed E-state index contributed by atoms with van der Waals surface area (Å²) >= 11 is 2.26. The van der Waals surface area contributed by atoms with Crippen LogP contribution < -0.4 is 0 Å². The van der Waals surface area contributed by atoms with E-state index in [1.807, 2.05) is 13.8 Å². The molecule has 1 aliphatic carbocycles. The van der Waals surface area contributed by atoms with Crippen molar-refractivity contribution in [2.75, 3.05) is 4.43 Å². The molecule has 0 radical (unpaired) electrons. The third-order valence-electron chi connectivity index (χ3n) is 3.60. The van der Waals surface area contributed by atoms with Gasteiger partial charge in [0.1, 0.15) is 5.60 Å². The molecular weight excluding hydrogens is 315 g/mol. The predicted molar refractivity (Wildman–Crippen MR) is 74.9 cm³/mol. The first-order valence-corrected chi connectivity index (χ1v) is 7.78. The largest absolute Gasteiger partial charge is 0.459 e. The standard InChI is InChI=1S/C13H23IO2/c1-4-13(8-6-5-7-9-13)16-11(15)12(2,3)10-14/h4-10H2,1-3H3. The van der Waals surface area contributed by atoms with Gasteiger partial charge in [-0.15, -0.1) is 0 Å². The molecule has 0 aliphatic heterocycles. The lowest BCUT2D eigenvalue weighted by Gasteiger charge is -2.38. The summed E-state index contributed by atoms with van der Waals surface area (Å²) < 4.78 is 6.65. The second kappa shape index (κ2) is 5.69. The van der Waals surface area contributed by atoms with Gasteiger partial charge in [-0.05, 0) is 46.0 Å². The molecule has 1 fully saturated rings. The third-order valence-corrected chi connectivity index (χ3v) is 5.51. The molecule has 2 nitrogen and oxygen atoms in total. The monoisotopic (exact) mass is 338 g/mol. The lowest BCUT2D eigenvalue weighted by Crippen LogP contribution is -2.41. The van der Waals surface area contributed by atoms with Crippen LogP contribution in [0.3, 0.4) is 0 Å². The van der Waals surface area contributed by atoms with Crippen LogP contribution in [0.1, 0.15) is 59.3 Å². The summed E-state index contributed by atoms with van der Waals surface area (Å²) in [6.45, 7) is 6.07. The lowest BCUT2D eigenvalue weighted by molar-refractivity contribution is -0.173. The zero-order valence-corrected chi connectivity index (χ0v) is 12.8. The van der Waals surface area contributed by atoms with Crippen LogP contribution in [0.25, 0.3) is 0 Å². The van der Waals surface area contributed by atoms with E-state index in [0.29, 0.717) is 0 Å². The van der Waals surface area contributed by atoms with Crippen molar-refractivity contribution in [2.45, 2.75) is 64.9 Å². The van der Waals surface area contributed by atoms with Crippen LogP contribution in [0, 0.1) is 5.41 Å². The number of esters is 1. The van der Waals surface area contributed by atoms with Crippen molar-refractivity contribution in [3.63, 3.8) is 0 Å². The van der Waals surface area contributed by atoms with Crippen molar-refractivity contribution in [1.29, 1.82) is 0 Å². The van der Waals surface area contributed by atoms with Crippen LogP contribution in [0.4, 0.5) is 0 Å². The number of hydrogen-bond acceptors (Lipinski definition) is 2. The van der Waals surface area contributed by atoms with Crippen molar-refractivity contribution in [2.24, 2.45) is 5.41 Å². The Hall–Kier alpha value is 0.200. The van der Waals surface area contributed by atoms with Crippen LogP contribution in [-0.2, 0) is 9.53 Å². The Morgan fingerprint density at radius 1 is 1.31 bits per heavy atom. The molecule has 0 aromatic carbocycles. The van der Waals surface area contributed by atoms with Crippen LogP contribution >= 0.6 is 22.6 Å². The first-order chi connectivity index (χ1) is 7.46. The molecule has 0 amide bonds. The van der Waals surface area contributed by atoms with Crippen LogP contribution in [-0.4, -0.2) is 16.0 Å². The Balaban J connectivity index is 2.66. The Morgan fingerprint density at radius 2 is 1.88 bits per heavy atom. The Bertz CT molecular complexity index is 242. The molecule has 3 heteroatoms. The van der Waals surface area contributed by atoms with Crippen LogP contribution in [0.2, 0.25) is 0 Å². The zero-order valence-electron chi connectivity index (χ0n) is 10.6. The van der Waals surface area contributed by atoms with E-state index in [2.05, 4.69) is 29.5 Å². The summed E-state index contributed by atoms with van der Waals surface area (Å²) in [5.41, 5.74) is -0.501. The minimum absolute atomic E-state index is 0.0225. The van der Waals surface area contributed by atoms with Crippen molar-refractivity contribution < 1.29 is 9.53 Å². The minimum Gasteiger partial charge on any atom is -0.459 e. The summed E-state index contributed by atoms with van der Waals surface area (Å²) in [5, 5.41) is 0. The smallest absolute Gasteiger partial charge is 0.312 e. The van der Waals surface area contributed by atoms with Gasteiger partial charge in [0.2, 0.25) is 0 Å². The van der Waals surface area contributed by atoms with Gasteiger partial charge in [0.05, 0.1) is 5.41 Å². The summed E-state index contributed by atoms with van der Waals surface area (Å²) in [6, 6.07) is 0. The van der Waals surface area contributed by atoms with Gasteiger partial charge >= 0.3 is 5.97 Å². The predicted octanol–water partition coefficient (Wildman–Crippen LogP) is 4.10. The van der Waals surface area contributed by atoms with Gasteiger partial charge < -0.3 is 4.74 Å². The highest BCUT2D eigenvalue weighted by atomic mass is 127. The van der Waals surface area contributed by atoms with E-state index in [-0.39, 0.29) is 17.0 Å². The number of carbonyl (C=O) groups excluding carboxylic acids is 1. The number of carbonyl (C=O) groups is 1. The van der Waals surface area contributed by atoms with Gasteiger partial charge in [-0.25, -0.2) is 0 Å². The maximum atomic E-state index is 12.1. The van der Waals surface area contributed by atoms with Gasteiger partial charge in [-0.3, -0.25) is 4.79 Å². The van der Waals surface area contributed by atoms with Crippen molar-refractivity contribution in [1.82, 2.24) is 0 Å². The molecule has 1 rings (SSSR count). The fraction of sp³-hybridized carbons (Fsp3) is 0.923. The molecule has 0 spiro atoms. The van der Waals surface area contributed by atoms with E-state index >= 15 is 0 Å². The Labute approximate surface area is 113 Å². The first kappa shape index (κ1) is 14.3. The normalized spacial score (nSPS) is 20.5. The molecular formula is C13H23IO2. The SMILES string of the molecule is CCC1(OC(=O)C(C)(C)CI)CCCCC1. The number of rotatable bonds is 4. The highest BCUT2D eigenvalue weighted by Crippen LogP contribution is 2.36. The minimum atomic E-state index is -0.347. The Morgan fingerprint density at radius 3 is 2.31 bits per heavy atom. The topological polar surface area (TPSA) is 26.3 Å². The molecule has 0 heterocycles. The maximum absolute atomic E-state index is 12.1. The van der Waals surface area contributed by atoms with Gasteiger partial charge in [0.25, 0.3) is 0 Å². The fourth-order valence-corrected chi connectivity index (χ4v) is 2.42. The van der Waals surface area contributed by atoms with Gasteiger partial charge in [-0.1, -0.05) is 35.9 Å².